The molecular weight excluding hydrogens is 126 g/mol. The Morgan fingerprint density at radius 3 is 2.10 bits per heavy atom. The van der Waals surface area contributed by atoms with Crippen molar-refractivity contribution in [3.8, 4) is 0 Å². The largest absolute Gasteiger partial charge is 0.392 e. The minimum absolute atomic E-state index is 0.167. The van der Waals surface area contributed by atoms with E-state index in [9.17, 15) is 5.11 Å². The third kappa shape index (κ3) is 3.18. The molecule has 0 amide bonds. The van der Waals surface area contributed by atoms with Crippen LogP contribution in [0.25, 0.3) is 0 Å². The molecular formula is C8H19NO. The summed E-state index contributed by atoms with van der Waals surface area (Å²) in [4.78, 5) is 0. The Bertz CT molecular complexity index is 71.7. The van der Waals surface area contributed by atoms with E-state index in [1.165, 1.54) is 0 Å². The van der Waals surface area contributed by atoms with Crippen molar-refractivity contribution < 1.29 is 5.11 Å². The lowest BCUT2D eigenvalue weighted by molar-refractivity contribution is 0.104. The Balaban J connectivity index is 3.53. The number of aliphatic hydroxyl groups is 1. The first-order valence-corrected chi connectivity index (χ1v) is 4.08. The van der Waals surface area contributed by atoms with Crippen molar-refractivity contribution >= 4 is 0 Å². The van der Waals surface area contributed by atoms with Gasteiger partial charge in [0.15, 0.2) is 0 Å². The first kappa shape index (κ1) is 9.92. The minimum atomic E-state index is -0.167. The number of hydrogen-bond acceptors (Lipinski definition) is 2. The fourth-order valence-electron chi connectivity index (χ4n) is 1.21. The van der Waals surface area contributed by atoms with Crippen LogP contribution in [0.2, 0.25) is 0 Å². The van der Waals surface area contributed by atoms with Crippen molar-refractivity contribution in [3.05, 3.63) is 0 Å². The third-order valence-corrected chi connectivity index (χ3v) is 2.01. The van der Waals surface area contributed by atoms with Crippen molar-refractivity contribution in [1.29, 1.82) is 0 Å². The summed E-state index contributed by atoms with van der Waals surface area (Å²) in [5, 5.41) is 12.4. The quantitative estimate of drug-likeness (QED) is 0.605. The Labute approximate surface area is 63.6 Å². The van der Waals surface area contributed by atoms with Gasteiger partial charge in [-0.3, -0.25) is 0 Å². The summed E-state index contributed by atoms with van der Waals surface area (Å²) < 4.78 is 0. The lowest BCUT2D eigenvalue weighted by Crippen LogP contribution is -2.30. The van der Waals surface area contributed by atoms with Gasteiger partial charge in [0.1, 0.15) is 0 Å². The summed E-state index contributed by atoms with van der Waals surface area (Å²) in [6, 6.07) is 0. The molecule has 0 aliphatic rings. The average Bonchev–Trinajstić information content (AvgIpc) is 1.91. The van der Waals surface area contributed by atoms with E-state index in [0.717, 1.165) is 12.8 Å². The predicted molar refractivity (Wildman–Crippen MR) is 44.0 cm³/mol. The van der Waals surface area contributed by atoms with Crippen LogP contribution in [-0.2, 0) is 0 Å². The highest BCUT2D eigenvalue weighted by Crippen LogP contribution is 2.11. The van der Waals surface area contributed by atoms with Gasteiger partial charge < -0.3 is 10.4 Å². The number of rotatable bonds is 5. The van der Waals surface area contributed by atoms with Gasteiger partial charge in [0, 0.05) is 6.54 Å². The van der Waals surface area contributed by atoms with Crippen molar-refractivity contribution in [3.63, 3.8) is 0 Å². The van der Waals surface area contributed by atoms with Gasteiger partial charge in [-0.1, -0.05) is 26.7 Å². The SMILES string of the molecule is CCC(CC)C(O)CNC. The third-order valence-electron chi connectivity index (χ3n) is 2.01. The van der Waals surface area contributed by atoms with Gasteiger partial charge in [0.05, 0.1) is 6.10 Å². The summed E-state index contributed by atoms with van der Waals surface area (Å²) in [7, 11) is 1.87. The number of aliphatic hydroxyl groups excluding tert-OH is 1. The molecule has 1 atom stereocenters. The number of hydrogen-bond donors (Lipinski definition) is 2. The molecule has 62 valence electrons. The first-order chi connectivity index (χ1) is 4.76. The second-order valence-electron chi connectivity index (χ2n) is 2.70. The lowest BCUT2D eigenvalue weighted by Gasteiger charge is -2.19. The average molecular weight is 145 g/mol. The van der Waals surface area contributed by atoms with Crippen LogP contribution in [-0.4, -0.2) is 24.8 Å². The highest BCUT2D eigenvalue weighted by Gasteiger charge is 2.13. The second kappa shape index (κ2) is 5.69. The maximum absolute atomic E-state index is 9.45. The second-order valence-corrected chi connectivity index (χ2v) is 2.70. The Kier molecular flexibility index (Phi) is 5.64. The van der Waals surface area contributed by atoms with Crippen LogP contribution in [0.1, 0.15) is 26.7 Å². The van der Waals surface area contributed by atoms with E-state index in [1.807, 2.05) is 7.05 Å². The molecule has 0 heterocycles. The standard InChI is InChI=1S/C8H19NO/c1-4-7(5-2)8(10)6-9-3/h7-10H,4-6H2,1-3H3. The van der Waals surface area contributed by atoms with E-state index in [1.54, 1.807) is 0 Å². The zero-order chi connectivity index (χ0) is 7.98. The Morgan fingerprint density at radius 1 is 1.30 bits per heavy atom. The molecule has 0 saturated heterocycles. The molecule has 1 unspecified atom stereocenters. The van der Waals surface area contributed by atoms with Crippen LogP contribution in [0.5, 0.6) is 0 Å². The number of likely N-dealkylation sites (N-methyl/N-ethyl adjacent to an activating group) is 1. The van der Waals surface area contributed by atoms with Crippen molar-refractivity contribution in [2.75, 3.05) is 13.6 Å². The van der Waals surface area contributed by atoms with Gasteiger partial charge in [-0.15, -0.1) is 0 Å². The molecule has 0 aliphatic carbocycles. The van der Waals surface area contributed by atoms with Gasteiger partial charge in [-0.25, -0.2) is 0 Å². The van der Waals surface area contributed by atoms with Crippen LogP contribution in [0.3, 0.4) is 0 Å². The molecule has 0 rings (SSSR count). The molecule has 0 aromatic carbocycles. The van der Waals surface area contributed by atoms with E-state index in [4.69, 9.17) is 0 Å². The van der Waals surface area contributed by atoms with Gasteiger partial charge in [-0.2, -0.15) is 0 Å². The summed E-state index contributed by atoms with van der Waals surface area (Å²) in [6.07, 6.45) is 1.97. The van der Waals surface area contributed by atoms with E-state index < -0.39 is 0 Å². The van der Waals surface area contributed by atoms with Crippen LogP contribution in [0, 0.1) is 5.92 Å². The van der Waals surface area contributed by atoms with Gasteiger partial charge in [-0.05, 0) is 13.0 Å². The molecule has 0 saturated carbocycles. The van der Waals surface area contributed by atoms with Gasteiger partial charge in [0.2, 0.25) is 0 Å². The highest BCUT2D eigenvalue weighted by molar-refractivity contribution is 4.67. The van der Waals surface area contributed by atoms with Crippen molar-refractivity contribution in [2.24, 2.45) is 5.92 Å². The maximum Gasteiger partial charge on any atom is 0.0692 e. The zero-order valence-electron chi connectivity index (χ0n) is 7.22. The highest BCUT2D eigenvalue weighted by atomic mass is 16.3. The molecule has 0 aromatic rings. The summed E-state index contributed by atoms with van der Waals surface area (Å²) in [5.41, 5.74) is 0. The molecule has 2 heteroatoms. The molecule has 0 spiro atoms. The maximum atomic E-state index is 9.45. The van der Waals surface area contributed by atoms with Crippen LogP contribution < -0.4 is 5.32 Å². The first-order valence-electron chi connectivity index (χ1n) is 4.08. The zero-order valence-corrected chi connectivity index (χ0v) is 7.22. The molecule has 10 heavy (non-hydrogen) atoms. The monoisotopic (exact) mass is 145 g/mol. The van der Waals surface area contributed by atoms with Crippen LogP contribution in [0.4, 0.5) is 0 Å². The molecule has 2 nitrogen and oxygen atoms in total. The normalized spacial score (nSPS) is 14.1. The Hall–Kier alpha value is -0.0800. The van der Waals surface area contributed by atoms with Gasteiger partial charge in [0.25, 0.3) is 0 Å². The van der Waals surface area contributed by atoms with E-state index >= 15 is 0 Å². The van der Waals surface area contributed by atoms with Crippen LogP contribution >= 0.6 is 0 Å². The minimum Gasteiger partial charge on any atom is -0.392 e. The molecule has 0 radical (unpaired) electrons. The fourth-order valence-corrected chi connectivity index (χ4v) is 1.21. The number of nitrogens with one attached hydrogen (secondary N) is 1. The molecule has 2 N–H and O–H groups in total. The van der Waals surface area contributed by atoms with E-state index in [0.29, 0.717) is 12.5 Å². The topological polar surface area (TPSA) is 32.3 Å². The predicted octanol–water partition coefficient (Wildman–Crippen LogP) is 1.00. The van der Waals surface area contributed by atoms with E-state index in [2.05, 4.69) is 19.2 Å². The van der Waals surface area contributed by atoms with Crippen molar-refractivity contribution in [1.82, 2.24) is 5.32 Å². The van der Waals surface area contributed by atoms with Crippen molar-refractivity contribution in [2.45, 2.75) is 32.8 Å². The summed E-state index contributed by atoms with van der Waals surface area (Å²) in [6.45, 7) is 4.95. The Morgan fingerprint density at radius 2 is 1.80 bits per heavy atom. The van der Waals surface area contributed by atoms with Crippen LogP contribution in [0.15, 0.2) is 0 Å². The van der Waals surface area contributed by atoms with Gasteiger partial charge >= 0.3 is 0 Å². The lowest BCUT2D eigenvalue weighted by atomic mass is 9.97. The summed E-state index contributed by atoms with van der Waals surface area (Å²) >= 11 is 0. The summed E-state index contributed by atoms with van der Waals surface area (Å²) in [5.74, 6) is 0.465. The van der Waals surface area contributed by atoms with E-state index in [-0.39, 0.29) is 6.10 Å². The molecule has 0 aromatic heterocycles. The molecule has 0 bridgehead atoms. The fraction of sp³-hybridized carbons (Fsp3) is 1.00. The molecule has 0 fully saturated rings. The molecule has 0 aliphatic heterocycles. The smallest absolute Gasteiger partial charge is 0.0692 e.